The number of nitrogens with one attached hydrogen (secondary N) is 1. The highest BCUT2D eigenvalue weighted by molar-refractivity contribution is 5.74. The standard InChI is InChI=1S/C9H17N5O/c1-6(4-8(10)15)11-5-9-13-12-7(2)14(9)3/h6,11H,4-5H2,1-3H3,(H2,10,15). The molecule has 1 unspecified atom stereocenters. The van der Waals surface area contributed by atoms with Gasteiger partial charge < -0.3 is 15.6 Å². The van der Waals surface area contributed by atoms with Gasteiger partial charge in [-0.15, -0.1) is 10.2 Å². The molecule has 1 rings (SSSR count). The van der Waals surface area contributed by atoms with E-state index in [2.05, 4.69) is 15.5 Å². The summed E-state index contributed by atoms with van der Waals surface area (Å²) in [6.07, 6.45) is 0.330. The van der Waals surface area contributed by atoms with Crippen molar-refractivity contribution in [2.45, 2.75) is 32.9 Å². The Morgan fingerprint density at radius 1 is 1.60 bits per heavy atom. The monoisotopic (exact) mass is 211 g/mol. The Morgan fingerprint density at radius 3 is 2.73 bits per heavy atom. The maximum Gasteiger partial charge on any atom is 0.218 e. The molecule has 3 N–H and O–H groups in total. The summed E-state index contributed by atoms with van der Waals surface area (Å²) in [6, 6.07) is 0.0551. The average Bonchev–Trinajstić information content (AvgIpc) is 2.44. The largest absolute Gasteiger partial charge is 0.370 e. The summed E-state index contributed by atoms with van der Waals surface area (Å²) in [5, 5.41) is 11.1. The van der Waals surface area contributed by atoms with Crippen LogP contribution in [0.15, 0.2) is 0 Å². The van der Waals surface area contributed by atoms with E-state index in [1.54, 1.807) is 0 Å². The van der Waals surface area contributed by atoms with Crippen molar-refractivity contribution >= 4 is 5.91 Å². The Bertz CT molecular complexity index is 346. The van der Waals surface area contributed by atoms with Crippen LogP contribution in [0, 0.1) is 6.92 Å². The number of hydrogen-bond donors (Lipinski definition) is 2. The van der Waals surface area contributed by atoms with Gasteiger partial charge in [-0.2, -0.15) is 0 Å². The second-order valence-electron chi connectivity index (χ2n) is 3.67. The number of nitrogens with two attached hydrogens (primary N) is 1. The highest BCUT2D eigenvalue weighted by Crippen LogP contribution is 1.98. The number of carbonyl (C=O) groups excluding carboxylic acids is 1. The van der Waals surface area contributed by atoms with Crippen LogP contribution >= 0.6 is 0 Å². The van der Waals surface area contributed by atoms with E-state index >= 15 is 0 Å². The Morgan fingerprint density at radius 2 is 2.27 bits per heavy atom. The Balaban J connectivity index is 2.43. The highest BCUT2D eigenvalue weighted by atomic mass is 16.1. The SMILES string of the molecule is Cc1nnc(CNC(C)CC(N)=O)n1C. The minimum Gasteiger partial charge on any atom is -0.370 e. The maximum absolute atomic E-state index is 10.6. The fourth-order valence-corrected chi connectivity index (χ4v) is 1.24. The van der Waals surface area contributed by atoms with Gasteiger partial charge in [0.05, 0.1) is 6.54 Å². The third-order valence-electron chi connectivity index (χ3n) is 2.30. The quantitative estimate of drug-likeness (QED) is 0.686. The lowest BCUT2D eigenvalue weighted by Crippen LogP contribution is -2.31. The van der Waals surface area contributed by atoms with Crippen LogP contribution < -0.4 is 11.1 Å². The Kier molecular flexibility index (Phi) is 3.79. The van der Waals surface area contributed by atoms with E-state index in [4.69, 9.17) is 5.73 Å². The summed E-state index contributed by atoms with van der Waals surface area (Å²) < 4.78 is 1.91. The van der Waals surface area contributed by atoms with Gasteiger partial charge in [-0.3, -0.25) is 4.79 Å². The lowest BCUT2D eigenvalue weighted by Gasteiger charge is -2.11. The van der Waals surface area contributed by atoms with Crippen LogP contribution in [-0.2, 0) is 18.4 Å². The van der Waals surface area contributed by atoms with E-state index in [0.717, 1.165) is 11.6 Å². The van der Waals surface area contributed by atoms with E-state index < -0.39 is 0 Å². The van der Waals surface area contributed by atoms with E-state index in [9.17, 15) is 4.79 Å². The van der Waals surface area contributed by atoms with Crippen molar-refractivity contribution in [3.8, 4) is 0 Å². The fraction of sp³-hybridized carbons (Fsp3) is 0.667. The first-order valence-corrected chi connectivity index (χ1v) is 4.87. The summed E-state index contributed by atoms with van der Waals surface area (Å²) in [5.41, 5.74) is 5.08. The lowest BCUT2D eigenvalue weighted by atomic mass is 10.2. The lowest BCUT2D eigenvalue weighted by molar-refractivity contribution is -0.118. The van der Waals surface area contributed by atoms with Gasteiger partial charge >= 0.3 is 0 Å². The number of carbonyl (C=O) groups is 1. The van der Waals surface area contributed by atoms with Crippen molar-refractivity contribution in [2.24, 2.45) is 12.8 Å². The van der Waals surface area contributed by atoms with Gasteiger partial charge in [0.2, 0.25) is 5.91 Å². The molecule has 0 aliphatic carbocycles. The minimum absolute atomic E-state index is 0.0551. The molecule has 1 atom stereocenters. The number of aromatic nitrogens is 3. The molecule has 0 saturated carbocycles. The zero-order chi connectivity index (χ0) is 11.4. The van der Waals surface area contributed by atoms with Crippen molar-refractivity contribution in [3.63, 3.8) is 0 Å². The maximum atomic E-state index is 10.6. The van der Waals surface area contributed by atoms with Gasteiger partial charge in [0.25, 0.3) is 0 Å². The second kappa shape index (κ2) is 4.88. The second-order valence-corrected chi connectivity index (χ2v) is 3.67. The predicted octanol–water partition coefficient (Wildman–Crippen LogP) is -0.523. The molecule has 0 spiro atoms. The van der Waals surface area contributed by atoms with Crippen LogP contribution in [-0.4, -0.2) is 26.7 Å². The van der Waals surface area contributed by atoms with Gasteiger partial charge in [0.15, 0.2) is 0 Å². The van der Waals surface area contributed by atoms with Crippen molar-refractivity contribution in [1.82, 2.24) is 20.1 Å². The topological polar surface area (TPSA) is 85.8 Å². The number of hydrogen-bond acceptors (Lipinski definition) is 4. The fourth-order valence-electron chi connectivity index (χ4n) is 1.24. The number of amides is 1. The summed E-state index contributed by atoms with van der Waals surface area (Å²) in [4.78, 5) is 10.6. The molecule has 1 heterocycles. The molecule has 0 bridgehead atoms. The van der Waals surface area contributed by atoms with Crippen molar-refractivity contribution in [2.75, 3.05) is 0 Å². The number of aryl methyl sites for hydroxylation is 1. The number of rotatable bonds is 5. The van der Waals surface area contributed by atoms with Crippen LogP contribution in [0.4, 0.5) is 0 Å². The Labute approximate surface area is 88.9 Å². The first kappa shape index (κ1) is 11.6. The van der Waals surface area contributed by atoms with Crippen molar-refractivity contribution in [1.29, 1.82) is 0 Å². The first-order chi connectivity index (χ1) is 7.00. The zero-order valence-electron chi connectivity index (χ0n) is 9.32. The molecule has 0 fully saturated rings. The third-order valence-corrected chi connectivity index (χ3v) is 2.30. The molecular formula is C9H17N5O. The van der Waals surface area contributed by atoms with Gasteiger partial charge in [-0.25, -0.2) is 0 Å². The summed E-state index contributed by atoms with van der Waals surface area (Å²) in [7, 11) is 1.91. The molecule has 0 radical (unpaired) electrons. The van der Waals surface area contributed by atoms with Gasteiger partial charge in [-0.1, -0.05) is 0 Å². The first-order valence-electron chi connectivity index (χ1n) is 4.87. The van der Waals surface area contributed by atoms with Gasteiger partial charge in [0.1, 0.15) is 11.6 Å². The van der Waals surface area contributed by atoms with E-state index in [1.165, 1.54) is 0 Å². The number of primary amides is 1. The smallest absolute Gasteiger partial charge is 0.218 e. The molecule has 15 heavy (non-hydrogen) atoms. The molecule has 6 nitrogen and oxygen atoms in total. The molecule has 0 aliphatic rings. The van der Waals surface area contributed by atoms with Crippen molar-refractivity contribution in [3.05, 3.63) is 11.6 Å². The van der Waals surface area contributed by atoms with Crippen LogP contribution in [0.25, 0.3) is 0 Å². The number of nitrogens with zero attached hydrogens (tertiary/aromatic N) is 3. The van der Waals surface area contributed by atoms with Crippen LogP contribution in [0.2, 0.25) is 0 Å². The normalized spacial score (nSPS) is 12.7. The minimum atomic E-state index is -0.302. The molecule has 1 aromatic heterocycles. The van der Waals surface area contributed by atoms with E-state index in [-0.39, 0.29) is 11.9 Å². The van der Waals surface area contributed by atoms with Gasteiger partial charge in [-0.05, 0) is 13.8 Å². The van der Waals surface area contributed by atoms with Gasteiger partial charge in [0, 0.05) is 19.5 Å². The van der Waals surface area contributed by atoms with Crippen LogP contribution in [0.5, 0.6) is 0 Å². The van der Waals surface area contributed by atoms with Crippen LogP contribution in [0.1, 0.15) is 25.0 Å². The van der Waals surface area contributed by atoms with E-state index in [0.29, 0.717) is 13.0 Å². The summed E-state index contributed by atoms with van der Waals surface area (Å²) in [5.74, 6) is 1.42. The Hall–Kier alpha value is -1.43. The van der Waals surface area contributed by atoms with Crippen molar-refractivity contribution < 1.29 is 4.79 Å². The highest BCUT2D eigenvalue weighted by Gasteiger charge is 2.08. The average molecular weight is 211 g/mol. The summed E-state index contributed by atoms with van der Waals surface area (Å²) >= 11 is 0. The zero-order valence-corrected chi connectivity index (χ0v) is 9.32. The van der Waals surface area contributed by atoms with E-state index in [1.807, 2.05) is 25.5 Å². The molecule has 6 heteroatoms. The van der Waals surface area contributed by atoms with Crippen LogP contribution in [0.3, 0.4) is 0 Å². The third kappa shape index (κ3) is 3.32. The molecule has 84 valence electrons. The molecule has 1 aromatic rings. The molecule has 1 amide bonds. The molecule has 0 aromatic carbocycles. The summed E-state index contributed by atoms with van der Waals surface area (Å²) in [6.45, 7) is 4.39. The molecular weight excluding hydrogens is 194 g/mol. The molecule has 0 saturated heterocycles. The predicted molar refractivity (Wildman–Crippen MR) is 55.9 cm³/mol. The molecule has 0 aliphatic heterocycles.